The predicted molar refractivity (Wildman–Crippen MR) is 59.3 cm³/mol. The highest BCUT2D eigenvalue weighted by molar-refractivity contribution is 5.73. The van der Waals surface area contributed by atoms with Crippen LogP contribution >= 0.6 is 0 Å². The Morgan fingerprint density at radius 2 is 2.00 bits per heavy atom. The second kappa shape index (κ2) is 4.37. The van der Waals surface area contributed by atoms with Crippen LogP contribution in [0.15, 0.2) is 27.4 Å². The van der Waals surface area contributed by atoms with Crippen LogP contribution in [0.3, 0.4) is 0 Å². The predicted octanol–water partition coefficient (Wildman–Crippen LogP) is 2.03. The Bertz CT molecular complexity index is 662. The molecule has 104 valence electrons. The third-order valence-corrected chi connectivity index (χ3v) is 2.88. The maximum absolute atomic E-state index is 13.1. The number of benzene rings is 1. The van der Waals surface area contributed by atoms with E-state index in [2.05, 4.69) is 0 Å². The highest BCUT2D eigenvalue weighted by Gasteiger charge is 2.47. The summed E-state index contributed by atoms with van der Waals surface area (Å²) in [6.45, 7) is 0. The van der Waals surface area contributed by atoms with Crippen LogP contribution in [0.5, 0.6) is 0 Å². The lowest BCUT2D eigenvalue weighted by Gasteiger charge is -2.22. The van der Waals surface area contributed by atoms with E-state index in [0.29, 0.717) is 5.52 Å². The molecule has 0 saturated carbocycles. The van der Waals surface area contributed by atoms with Gasteiger partial charge in [-0.15, -0.1) is 0 Å². The fourth-order valence-electron chi connectivity index (χ4n) is 1.70. The van der Waals surface area contributed by atoms with Gasteiger partial charge in [-0.05, 0) is 17.7 Å². The van der Waals surface area contributed by atoms with E-state index in [1.54, 1.807) is 0 Å². The zero-order valence-electron chi connectivity index (χ0n) is 9.74. The molecule has 0 aliphatic rings. The summed E-state index contributed by atoms with van der Waals surface area (Å²) >= 11 is 0. The van der Waals surface area contributed by atoms with Gasteiger partial charge in [0.25, 0.3) is 0 Å². The molecule has 2 N–H and O–H groups in total. The van der Waals surface area contributed by atoms with Crippen molar-refractivity contribution in [3.63, 3.8) is 0 Å². The molecular weight excluding hydrogens is 268 g/mol. The van der Waals surface area contributed by atoms with Crippen molar-refractivity contribution in [3.8, 4) is 0 Å². The van der Waals surface area contributed by atoms with E-state index in [-0.39, 0.29) is 11.1 Å². The standard InChI is InChI=1S/C11H10F4N2O2/c1-17-6-3-2-5(4-7(6)19-10(17)18)8(16)11(14,15)9(12)13/h2-4,8-9H,16H2,1H3. The van der Waals surface area contributed by atoms with Crippen molar-refractivity contribution in [1.82, 2.24) is 4.57 Å². The number of hydrogen-bond donors (Lipinski definition) is 1. The monoisotopic (exact) mass is 278 g/mol. The van der Waals surface area contributed by atoms with Gasteiger partial charge in [-0.2, -0.15) is 8.78 Å². The molecule has 1 atom stereocenters. The number of nitrogens with two attached hydrogens (primary N) is 1. The number of fused-ring (bicyclic) bond motifs is 1. The van der Waals surface area contributed by atoms with Crippen molar-refractivity contribution in [2.45, 2.75) is 18.4 Å². The summed E-state index contributed by atoms with van der Waals surface area (Å²) < 4.78 is 56.7. The van der Waals surface area contributed by atoms with E-state index < -0.39 is 24.1 Å². The molecule has 0 bridgehead atoms. The lowest BCUT2D eigenvalue weighted by Crippen LogP contribution is -2.39. The first kappa shape index (κ1) is 13.6. The van der Waals surface area contributed by atoms with Crippen LogP contribution in [0.4, 0.5) is 17.6 Å². The van der Waals surface area contributed by atoms with E-state index >= 15 is 0 Å². The zero-order chi connectivity index (χ0) is 14.4. The number of nitrogens with zero attached hydrogens (tertiary/aromatic N) is 1. The van der Waals surface area contributed by atoms with Gasteiger partial charge in [-0.3, -0.25) is 4.57 Å². The Balaban J connectivity index is 2.50. The lowest BCUT2D eigenvalue weighted by atomic mass is 10.0. The minimum Gasteiger partial charge on any atom is -0.408 e. The van der Waals surface area contributed by atoms with Crippen molar-refractivity contribution in [3.05, 3.63) is 34.3 Å². The fraction of sp³-hybridized carbons (Fsp3) is 0.364. The molecule has 1 heterocycles. The highest BCUT2D eigenvalue weighted by atomic mass is 19.3. The van der Waals surface area contributed by atoms with Gasteiger partial charge in [0.15, 0.2) is 5.58 Å². The van der Waals surface area contributed by atoms with Crippen LogP contribution in [0.2, 0.25) is 0 Å². The summed E-state index contributed by atoms with van der Waals surface area (Å²) in [6, 6.07) is 1.37. The molecule has 4 nitrogen and oxygen atoms in total. The van der Waals surface area contributed by atoms with E-state index in [4.69, 9.17) is 10.2 Å². The number of halogens is 4. The molecule has 2 rings (SSSR count). The van der Waals surface area contributed by atoms with Gasteiger partial charge in [0.2, 0.25) is 0 Å². The molecule has 0 aliphatic carbocycles. The SMILES string of the molecule is Cn1c(=O)oc2cc(C(N)C(F)(F)C(F)F)ccc21. The zero-order valence-corrected chi connectivity index (χ0v) is 9.74. The molecule has 0 spiro atoms. The Morgan fingerprint density at radius 3 is 2.58 bits per heavy atom. The van der Waals surface area contributed by atoms with Crippen LogP contribution in [0, 0.1) is 0 Å². The molecule has 2 aromatic rings. The Hall–Kier alpha value is -1.83. The molecule has 0 saturated heterocycles. The van der Waals surface area contributed by atoms with Gasteiger partial charge in [0.1, 0.15) is 6.04 Å². The van der Waals surface area contributed by atoms with Crippen molar-refractivity contribution in [2.24, 2.45) is 12.8 Å². The van der Waals surface area contributed by atoms with Crippen molar-refractivity contribution < 1.29 is 22.0 Å². The Kier molecular flexibility index (Phi) is 3.13. The average molecular weight is 278 g/mol. The summed E-state index contributed by atoms with van der Waals surface area (Å²) in [5.74, 6) is -5.04. The minimum atomic E-state index is -4.36. The maximum Gasteiger partial charge on any atom is 0.419 e. The van der Waals surface area contributed by atoms with Crippen molar-refractivity contribution in [1.29, 1.82) is 0 Å². The Morgan fingerprint density at radius 1 is 1.37 bits per heavy atom. The molecular formula is C11H10F4N2O2. The summed E-state index contributed by atoms with van der Waals surface area (Å²) in [5, 5.41) is 0. The molecule has 1 aromatic heterocycles. The van der Waals surface area contributed by atoms with E-state index in [1.165, 1.54) is 13.1 Å². The molecule has 0 fully saturated rings. The number of aryl methyl sites for hydroxylation is 1. The highest BCUT2D eigenvalue weighted by Crippen LogP contribution is 2.35. The summed E-state index contributed by atoms with van der Waals surface area (Å²) in [7, 11) is 1.43. The molecule has 1 aromatic carbocycles. The summed E-state index contributed by atoms with van der Waals surface area (Å²) in [4.78, 5) is 11.2. The lowest BCUT2D eigenvalue weighted by molar-refractivity contribution is -0.144. The number of rotatable bonds is 3. The van der Waals surface area contributed by atoms with Gasteiger partial charge in [0.05, 0.1) is 5.52 Å². The number of aromatic nitrogens is 1. The average Bonchev–Trinajstić information content (AvgIpc) is 2.63. The van der Waals surface area contributed by atoms with Crippen LogP contribution in [0.1, 0.15) is 11.6 Å². The largest absolute Gasteiger partial charge is 0.419 e. The van der Waals surface area contributed by atoms with Gasteiger partial charge in [-0.1, -0.05) is 6.07 Å². The first-order chi connectivity index (χ1) is 8.75. The smallest absolute Gasteiger partial charge is 0.408 e. The summed E-state index contributed by atoms with van der Waals surface area (Å²) in [5.41, 5.74) is 5.30. The topological polar surface area (TPSA) is 61.2 Å². The first-order valence-electron chi connectivity index (χ1n) is 5.26. The van der Waals surface area contributed by atoms with Gasteiger partial charge in [0, 0.05) is 7.05 Å². The van der Waals surface area contributed by atoms with Gasteiger partial charge in [-0.25, -0.2) is 13.6 Å². The quantitative estimate of drug-likeness (QED) is 0.874. The number of oxazole rings is 1. The Labute approximate surface area is 104 Å². The summed E-state index contributed by atoms with van der Waals surface area (Å²) in [6.07, 6.45) is -3.87. The maximum atomic E-state index is 13.1. The van der Waals surface area contributed by atoms with E-state index in [1.807, 2.05) is 0 Å². The van der Waals surface area contributed by atoms with Crippen LogP contribution < -0.4 is 11.5 Å². The molecule has 19 heavy (non-hydrogen) atoms. The number of hydrogen-bond acceptors (Lipinski definition) is 3. The molecule has 0 amide bonds. The molecule has 8 heteroatoms. The van der Waals surface area contributed by atoms with Gasteiger partial charge >= 0.3 is 18.1 Å². The third kappa shape index (κ3) is 2.12. The molecule has 0 radical (unpaired) electrons. The molecule has 0 aliphatic heterocycles. The second-order valence-electron chi connectivity index (χ2n) is 4.11. The van der Waals surface area contributed by atoms with Crippen LogP contribution in [-0.2, 0) is 7.05 Å². The normalized spacial score (nSPS) is 14.3. The second-order valence-corrected chi connectivity index (χ2v) is 4.11. The van der Waals surface area contributed by atoms with Crippen LogP contribution in [0.25, 0.3) is 11.1 Å². The van der Waals surface area contributed by atoms with E-state index in [0.717, 1.165) is 16.7 Å². The first-order valence-corrected chi connectivity index (χ1v) is 5.26. The molecule has 1 unspecified atom stereocenters. The van der Waals surface area contributed by atoms with Gasteiger partial charge < -0.3 is 10.2 Å². The number of alkyl halides is 4. The van der Waals surface area contributed by atoms with Crippen LogP contribution in [-0.4, -0.2) is 16.9 Å². The van der Waals surface area contributed by atoms with Crippen molar-refractivity contribution >= 4 is 11.1 Å². The minimum absolute atomic E-state index is 0.0190. The fourth-order valence-corrected chi connectivity index (χ4v) is 1.70. The third-order valence-electron chi connectivity index (χ3n) is 2.88. The van der Waals surface area contributed by atoms with Crippen molar-refractivity contribution in [2.75, 3.05) is 0 Å². The van der Waals surface area contributed by atoms with E-state index in [9.17, 15) is 22.4 Å².